The van der Waals surface area contributed by atoms with Crippen LogP contribution in [0.25, 0.3) is 0 Å². The van der Waals surface area contributed by atoms with Gasteiger partial charge < -0.3 is 10.6 Å². The summed E-state index contributed by atoms with van der Waals surface area (Å²) in [5.74, 6) is 0.0448. The number of hydrogen-bond acceptors (Lipinski definition) is 2. The van der Waals surface area contributed by atoms with Crippen LogP contribution in [0.4, 0.5) is 5.69 Å². The summed E-state index contributed by atoms with van der Waals surface area (Å²) in [6.45, 7) is 5.23. The van der Waals surface area contributed by atoms with Gasteiger partial charge in [-0.15, -0.1) is 0 Å². The highest BCUT2D eigenvalue weighted by Crippen LogP contribution is 2.20. The highest BCUT2D eigenvalue weighted by Gasteiger charge is 2.06. The largest absolute Gasteiger partial charge is 0.376 e. The fourth-order valence-electron chi connectivity index (χ4n) is 2.67. The molecule has 2 N–H and O–H groups in total. The molecular weight excluding hydrogens is 284 g/mol. The Kier molecular flexibility index (Phi) is 6.67. The lowest BCUT2D eigenvalue weighted by molar-refractivity contribution is -0.119. The van der Waals surface area contributed by atoms with E-state index in [0.29, 0.717) is 13.1 Å². The SMILES string of the molecule is CCc1cccc(C)c1NCC(=O)NCCCc1ccccc1. The van der Waals surface area contributed by atoms with Gasteiger partial charge in [-0.1, -0.05) is 55.5 Å². The van der Waals surface area contributed by atoms with Gasteiger partial charge in [0.2, 0.25) is 5.91 Å². The van der Waals surface area contributed by atoms with Crippen LogP contribution in [0.5, 0.6) is 0 Å². The Morgan fingerprint density at radius 1 is 1.04 bits per heavy atom. The number of carbonyl (C=O) groups is 1. The Balaban J connectivity index is 1.71. The molecule has 0 bridgehead atoms. The van der Waals surface area contributed by atoms with Gasteiger partial charge in [0.25, 0.3) is 0 Å². The van der Waals surface area contributed by atoms with Gasteiger partial charge in [-0.25, -0.2) is 0 Å². The number of amides is 1. The first-order valence-electron chi connectivity index (χ1n) is 8.33. The lowest BCUT2D eigenvalue weighted by Gasteiger charge is -2.14. The summed E-state index contributed by atoms with van der Waals surface area (Å²) in [5, 5.41) is 6.26. The molecule has 2 aromatic carbocycles. The van der Waals surface area contributed by atoms with Crippen molar-refractivity contribution in [2.45, 2.75) is 33.1 Å². The van der Waals surface area contributed by atoms with E-state index in [0.717, 1.165) is 24.9 Å². The van der Waals surface area contributed by atoms with Crippen molar-refractivity contribution in [2.75, 3.05) is 18.4 Å². The second kappa shape index (κ2) is 8.99. The van der Waals surface area contributed by atoms with Crippen molar-refractivity contribution in [1.29, 1.82) is 0 Å². The molecular formula is C20H26N2O. The van der Waals surface area contributed by atoms with Crippen LogP contribution in [0.2, 0.25) is 0 Å². The number of carbonyl (C=O) groups excluding carboxylic acids is 1. The van der Waals surface area contributed by atoms with Gasteiger partial charge >= 0.3 is 0 Å². The van der Waals surface area contributed by atoms with Crippen molar-refractivity contribution in [2.24, 2.45) is 0 Å². The summed E-state index contributed by atoms with van der Waals surface area (Å²) in [6, 6.07) is 16.6. The first-order chi connectivity index (χ1) is 11.2. The number of rotatable bonds is 8. The van der Waals surface area contributed by atoms with Crippen LogP contribution in [0.1, 0.15) is 30.0 Å². The van der Waals surface area contributed by atoms with E-state index in [2.05, 4.69) is 54.8 Å². The van der Waals surface area contributed by atoms with E-state index in [9.17, 15) is 4.79 Å². The summed E-state index contributed by atoms with van der Waals surface area (Å²) in [6.07, 6.45) is 2.91. The molecule has 0 aliphatic carbocycles. The van der Waals surface area contributed by atoms with Gasteiger partial charge in [-0.3, -0.25) is 4.79 Å². The Morgan fingerprint density at radius 2 is 1.83 bits per heavy atom. The van der Waals surface area contributed by atoms with E-state index < -0.39 is 0 Å². The monoisotopic (exact) mass is 310 g/mol. The van der Waals surface area contributed by atoms with Crippen molar-refractivity contribution >= 4 is 11.6 Å². The molecule has 0 aliphatic rings. The van der Waals surface area contributed by atoms with Crippen molar-refractivity contribution in [3.63, 3.8) is 0 Å². The minimum absolute atomic E-state index is 0.0448. The van der Waals surface area contributed by atoms with Crippen LogP contribution in [0.15, 0.2) is 48.5 Å². The highest BCUT2D eigenvalue weighted by molar-refractivity contribution is 5.81. The molecule has 1 amide bonds. The van der Waals surface area contributed by atoms with Crippen LogP contribution in [0.3, 0.4) is 0 Å². The van der Waals surface area contributed by atoms with E-state index in [1.807, 2.05) is 18.2 Å². The summed E-state index contributed by atoms with van der Waals surface area (Å²) >= 11 is 0. The zero-order valence-corrected chi connectivity index (χ0v) is 14.1. The highest BCUT2D eigenvalue weighted by atomic mass is 16.1. The number of benzene rings is 2. The predicted octanol–water partition coefficient (Wildman–Crippen LogP) is 3.72. The molecule has 2 rings (SSSR count). The third-order valence-corrected chi connectivity index (χ3v) is 3.97. The number of para-hydroxylation sites is 1. The Bertz CT molecular complexity index is 623. The smallest absolute Gasteiger partial charge is 0.239 e. The van der Waals surface area contributed by atoms with E-state index in [1.165, 1.54) is 16.7 Å². The molecule has 0 aromatic heterocycles. The quantitative estimate of drug-likeness (QED) is 0.730. The topological polar surface area (TPSA) is 41.1 Å². The second-order valence-electron chi connectivity index (χ2n) is 5.76. The van der Waals surface area contributed by atoms with E-state index in [-0.39, 0.29) is 5.91 Å². The molecule has 23 heavy (non-hydrogen) atoms. The Labute approximate surface area is 139 Å². The van der Waals surface area contributed by atoms with E-state index in [1.54, 1.807) is 0 Å². The fourth-order valence-corrected chi connectivity index (χ4v) is 2.67. The van der Waals surface area contributed by atoms with Gasteiger partial charge in [0.1, 0.15) is 0 Å². The number of hydrogen-bond donors (Lipinski definition) is 2. The van der Waals surface area contributed by atoms with Crippen LogP contribution < -0.4 is 10.6 Å². The lowest BCUT2D eigenvalue weighted by atomic mass is 10.1. The maximum atomic E-state index is 12.0. The summed E-state index contributed by atoms with van der Waals surface area (Å²) < 4.78 is 0. The Hall–Kier alpha value is -2.29. The van der Waals surface area contributed by atoms with Crippen molar-refractivity contribution < 1.29 is 4.79 Å². The maximum absolute atomic E-state index is 12.0. The molecule has 0 unspecified atom stereocenters. The average Bonchev–Trinajstić information content (AvgIpc) is 2.58. The molecule has 0 saturated heterocycles. The third-order valence-electron chi connectivity index (χ3n) is 3.97. The molecule has 122 valence electrons. The maximum Gasteiger partial charge on any atom is 0.239 e. The molecule has 0 fully saturated rings. The molecule has 3 heteroatoms. The van der Waals surface area contributed by atoms with Crippen LogP contribution in [-0.4, -0.2) is 19.0 Å². The van der Waals surface area contributed by atoms with Gasteiger partial charge in [-0.2, -0.15) is 0 Å². The minimum Gasteiger partial charge on any atom is -0.376 e. The molecule has 0 radical (unpaired) electrons. The molecule has 3 nitrogen and oxygen atoms in total. The number of anilines is 1. The fraction of sp³-hybridized carbons (Fsp3) is 0.350. The second-order valence-corrected chi connectivity index (χ2v) is 5.76. The summed E-state index contributed by atoms with van der Waals surface area (Å²) in [5.41, 5.74) is 4.84. The summed E-state index contributed by atoms with van der Waals surface area (Å²) in [7, 11) is 0. The van der Waals surface area contributed by atoms with Crippen molar-refractivity contribution in [1.82, 2.24) is 5.32 Å². The Morgan fingerprint density at radius 3 is 2.57 bits per heavy atom. The number of aryl methyl sites for hydroxylation is 3. The number of nitrogens with one attached hydrogen (secondary N) is 2. The molecule has 0 atom stereocenters. The zero-order valence-electron chi connectivity index (χ0n) is 14.1. The third kappa shape index (κ3) is 5.44. The normalized spacial score (nSPS) is 10.3. The first kappa shape index (κ1) is 17.1. The molecule has 0 heterocycles. The average molecular weight is 310 g/mol. The molecule has 0 saturated carbocycles. The molecule has 2 aromatic rings. The van der Waals surface area contributed by atoms with Crippen molar-refractivity contribution in [3.05, 3.63) is 65.2 Å². The molecule has 0 spiro atoms. The molecule has 0 aliphatic heterocycles. The van der Waals surface area contributed by atoms with E-state index >= 15 is 0 Å². The van der Waals surface area contributed by atoms with E-state index in [4.69, 9.17) is 0 Å². The standard InChI is InChI=1S/C20H26N2O/c1-3-18-13-7-9-16(2)20(18)22-15-19(23)21-14-8-12-17-10-5-4-6-11-17/h4-7,9-11,13,22H,3,8,12,14-15H2,1-2H3,(H,21,23). The van der Waals surface area contributed by atoms with Gasteiger partial charge in [0.15, 0.2) is 0 Å². The summed E-state index contributed by atoms with van der Waals surface area (Å²) in [4.78, 5) is 12.0. The van der Waals surface area contributed by atoms with Crippen molar-refractivity contribution in [3.8, 4) is 0 Å². The zero-order chi connectivity index (χ0) is 16.5. The van der Waals surface area contributed by atoms with Gasteiger partial charge in [-0.05, 0) is 42.9 Å². The van der Waals surface area contributed by atoms with Crippen LogP contribution >= 0.6 is 0 Å². The van der Waals surface area contributed by atoms with Crippen LogP contribution in [-0.2, 0) is 17.6 Å². The first-order valence-corrected chi connectivity index (χ1v) is 8.33. The minimum atomic E-state index is 0.0448. The van der Waals surface area contributed by atoms with Gasteiger partial charge in [0.05, 0.1) is 6.54 Å². The van der Waals surface area contributed by atoms with Gasteiger partial charge in [0, 0.05) is 12.2 Å². The van der Waals surface area contributed by atoms with Crippen LogP contribution in [0, 0.1) is 6.92 Å². The lowest BCUT2D eigenvalue weighted by Crippen LogP contribution is -2.31. The predicted molar refractivity (Wildman–Crippen MR) is 96.8 cm³/mol.